The van der Waals surface area contributed by atoms with Gasteiger partial charge in [0, 0.05) is 0 Å². The van der Waals surface area contributed by atoms with E-state index in [2.05, 4.69) is 0 Å². The second-order valence-electron chi connectivity index (χ2n) is 9.89. The van der Waals surface area contributed by atoms with Crippen LogP contribution < -0.4 is 0 Å². The van der Waals surface area contributed by atoms with Crippen molar-refractivity contribution < 1.29 is 79.7 Å². The summed E-state index contributed by atoms with van der Waals surface area (Å²) in [5.74, 6) is -15.5. The lowest BCUT2D eigenvalue weighted by Crippen LogP contribution is -2.78. The van der Waals surface area contributed by atoms with Gasteiger partial charge in [-0.2, -0.15) is 0 Å². The molecule has 3 saturated heterocycles. The molecule has 2 bridgehead atoms. The fourth-order valence-electron chi connectivity index (χ4n) is 5.46. The van der Waals surface area contributed by atoms with E-state index in [1.807, 2.05) is 0 Å². The van der Waals surface area contributed by atoms with Gasteiger partial charge in [0.25, 0.3) is 16.6 Å². The number of morpholine rings is 1. The number of nitrogens with zero attached hydrogens (tertiary/aromatic N) is 1. The third-order valence-electron chi connectivity index (χ3n) is 7.76. The van der Waals surface area contributed by atoms with E-state index in [4.69, 9.17) is 9.47 Å². The molecule has 3 fully saturated rings. The summed E-state index contributed by atoms with van der Waals surface area (Å²) >= 11 is 0.0271. The molecule has 1 aromatic rings. The van der Waals surface area contributed by atoms with Crippen LogP contribution in [0.2, 0.25) is 0 Å². The zero-order valence-electron chi connectivity index (χ0n) is 18.8. The van der Waals surface area contributed by atoms with E-state index >= 15 is 0 Å². The van der Waals surface area contributed by atoms with Crippen molar-refractivity contribution >= 4 is 34.2 Å². The van der Waals surface area contributed by atoms with Crippen LogP contribution in [0.1, 0.15) is 17.7 Å². The average molecular weight is 569 g/mol. The molecule has 6 unspecified atom stereocenters. The number of ether oxygens (including phenoxy) is 2. The Kier molecular flexibility index (Phi) is 4.81. The number of esters is 1. The highest BCUT2D eigenvalue weighted by molar-refractivity contribution is 8.15. The van der Waals surface area contributed by atoms with Gasteiger partial charge in [-0.15, -0.1) is 0 Å². The van der Waals surface area contributed by atoms with Gasteiger partial charge < -0.3 is 60.9 Å². The largest absolute Gasteiger partial charge is 0.507 e. The molecule has 0 amide bonds. The number of hydrogen-bond donors (Lipinski definition) is 11. The first kappa shape index (κ1) is 26.2. The number of thioether (sulfide) groups is 1. The summed E-state index contributed by atoms with van der Waals surface area (Å²) in [6.45, 7) is 0. The molecule has 0 radical (unpaired) electrons. The number of rotatable bonds is 4. The van der Waals surface area contributed by atoms with E-state index < -0.39 is 101 Å². The van der Waals surface area contributed by atoms with Crippen LogP contribution in [0, 0.1) is 0 Å². The maximum atomic E-state index is 13.4. The van der Waals surface area contributed by atoms with Crippen LogP contribution in [0.4, 0.5) is 0 Å². The molecule has 5 rings (SSSR count). The van der Waals surface area contributed by atoms with Gasteiger partial charge in [0.15, 0.2) is 11.5 Å². The number of piperidine rings is 1. The number of aliphatic hydroxyl groups is 8. The lowest BCUT2D eigenvalue weighted by atomic mass is 9.87. The molecule has 0 aliphatic carbocycles. The number of aromatic hydroxyl groups is 3. The quantitative estimate of drug-likeness (QED) is 0.0743. The molecule has 4 aliphatic heterocycles. The van der Waals surface area contributed by atoms with Gasteiger partial charge in [0.05, 0.1) is 19.0 Å². The molecule has 0 aromatic carbocycles. The van der Waals surface area contributed by atoms with Crippen LogP contribution in [0.15, 0.2) is 11.5 Å². The fraction of sp³-hybridized carbons (Fsp3) is 0.579. The maximum Gasteiger partial charge on any atom is 0.348 e. The summed E-state index contributed by atoms with van der Waals surface area (Å²) in [4.78, 5) is 24.4. The molecule has 0 spiro atoms. The van der Waals surface area contributed by atoms with Crippen LogP contribution >= 0.6 is 23.1 Å². The number of fused-ring (bicyclic) bond motifs is 5. The molecular formula is C19H22NO15S2+. The van der Waals surface area contributed by atoms with Crippen LogP contribution in [-0.2, 0) is 24.7 Å². The Labute approximate surface area is 213 Å². The fourth-order valence-corrected chi connectivity index (χ4v) is 7.51. The molecule has 6 atom stereocenters. The Morgan fingerprint density at radius 3 is 1.92 bits per heavy atom. The summed E-state index contributed by atoms with van der Waals surface area (Å²) in [5, 5.41) is 112. The highest BCUT2D eigenvalue weighted by Gasteiger charge is 3.05. The van der Waals surface area contributed by atoms with E-state index in [1.54, 1.807) is 0 Å². The van der Waals surface area contributed by atoms with Crippen LogP contribution in [-0.4, -0.2) is 120 Å². The van der Waals surface area contributed by atoms with Crippen molar-refractivity contribution in [3.8, 4) is 16.6 Å². The number of epoxide rings is 1. The van der Waals surface area contributed by atoms with Gasteiger partial charge in [-0.05, 0) is 0 Å². The summed E-state index contributed by atoms with van der Waals surface area (Å²) in [5.41, 5.74) is -8.80. The van der Waals surface area contributed by atoms with E-state index in [0.717, 1.165) is 0 Å². The van der Waals surface area contributed by atoms with Gasteiger partial charge >= 0.3 is 17.5 Å². The first-order valence-corrected chi connectivity index (χ1v) is 12.1. The van der Waals surface area contributed by atoms with Crippen molar-refractivity contribution in [1.82, 2.24) is 0 Å². The van der Waals surface area contributed by atoms with Crippen molar-refractivity contribution in [2.24, 2.45) is 0 Å². The minimum absolute atomic E-state index is 0.000546. The van der Waals surface area contributed by atoms with E-state index in [9.17, 15) is 65.8 Å². The van der Waals surface area contributed by atoms with E-state index in [-0.39, 0.29) is 23.1 Å². The number of likely N-dealkylation sites (N-methyl/N-ethyl adjacent to an activating group) is 1. The SMILES string of the molecule is C[N+]1(C)C2(O)CC(O)(OC(=O)C(O)(c3sc(O)c(O)c3O)C3SC(=O)C(O)=C3O)CC1(O)C1(O)OC12O. The predicted molar refractivity (Wildman–Crippen MR) is 115 cm³/mol. The topological polar surface area (TPSA) is 278 Å². The molecule has 11 N–H and O–H groups in total. The molecule has 4 aliphatic rings. The van der Waals surface area contributed by atoms with Gasteiger partial charge in [0.1, 0.15) is 18.1 Å². The highest BCUT2D eigenvalue weighted by Crippen LogP contribution is 2.73. The Balaban J connectivity index is 1.59. The molecule has 0 saturated carbocycles. The molecule has 18 heteroatoms. The van der Waals surface area contributed by atoms with Gasteiger partial charge in [-0.1, -0.05) is 23.1 Å². The smallest absolute Gasteiger partial charge is 0.348 e. The normalized spacial score (nSPS) is 43.5. The maximum absolute atomic E-state index is 13.4. The molecule has 37 heavy (non-hydrogen) atoms. The third-order valence-corrected chi connectivity index (χ3v) is 10.1. The number of quaternary nitrogens is 1. The lowest BCUT2D eigenvalue weighted by Gasteiger charge is -2.55. The summed E-state index contributed by atoms with van der Waals surface area (Å²) in [6.07, 6.45) is -2.24. The second-order valence-corrected chi connectivity index (χ2v) is 12.0. The summed E-state index contributed by atoms with van der Waals surface area (Å²) in [6, 6.07) is 0. The summed E-state index contributed by atoms with van der Waals surface area (Å²) < 4.78 is 8.92. The minimum atomic E-state index is -3.39. The Bertz CT molecular complexity index is 1280. The van der Waals surface area contributed by atoms with Gasteiger partial charge in [-0.3, -0.25) is 14.0 Å². The van der Waals surface area contributed by atoms with Crippen LogP contribution in [0.25, 0.3) is 0 Å². The van der Waals surface area contributed by atoms with Crippen molar-refractivity contribution in [2.75, 3.05) is 14.1 Å². The average Bonchev–Trinajstić information content (AvgIpc) is 3.17. The second kappa shape index (κ2) is 6.78. The zero-order valence-corrected chi connectivity index (χ0v) is 20.4. The van der Waals surface area contributed by atoms with Gasteiger partial charge in [0.2, 0.25) is 28.0 Å². The first-order valence-electron chi connectivity index (χ1n) is 10.4. The van der Waals surface area contributed by atoms with Gasteiger partial charge in [-0.25, -0.2) is 4.79 Å². The zero-order chi connectivity index (χ0) is 27.9. The predicted octanol–water partition coefficient (Wildman–Crippen LogP) is -3.08. The number of thiophene rings is 1. The Hall–Kier alpha value is -2.39. The number of carbonyl (C=O) groups is 2. The van der Waals surface area contributed by atoms with Crippen molar-refractivity contribution in [3.63, 3.8) is 0 Å². The van der Waals surface area contributed by atoms with Crippen molar-refractivity contribution in [1.29, 1.82) is 0 Å². The summed E-state index contributed by atoms with van der Waals surface area (Å²) in [7, 11) is 2.37. The first-order chi connectivity index (χ1) is 16.7. The number of aliphatic hydroxyl groups excluding tert-OH is 2. The molecule has 204 valence electrons. The minimum Gasteiger partial charge on any atom is -0.507 e. The Morgan fingerprint density at radius 1 is 1.00 bits per heavy atom. The molecule has 5 heterocycles. The van der Waals surface area contributed by atoms with Crippen molar-refractivity contribution in [2.45, 2.75) is 52.5 Å². The van der Waals surface area contributed by atoms with Crippen LogP contribution in [0.5, 0.6) is 16.6 Å². The third kappa shape index (κ3) is 2.60. The standard InChI is InChI=1S/C19H21NO15S2/c1-20(2)15(29)3-14(28,4-16(20,30)19(33)18(15,32)35-19)34-13(27)17(31,9-5(21)7(23)11(25)36-9)10-6(22)8(24)12(26)37-10/h9,28-33H,3-4H2,1-2H3,(H4-,21,22,23,24,25,26)/p+1. The molecule has 1 aromatic heterocycles. The van der Waals surface area contributed by atoms with E-state index in [0.29, 0.717) is 0 Å². The lowest BCUT2D eigenvalue weighted by molar-refractivity contribution is -1.04. The number of hydrogen-bond acceptors (Lipinski definition) is 17. The van der Waals surface area contributed by atoms with Crippen molar-refractivity contribution in [3.05, 3.63) is 16.4 Å². The highest BCUT2D eigenvalue weighted by atomic mass is 32.2. The Morgan fingerprint density at radius 2 is 1.51 bits per heavy atom. The van der Waals surface area contributed by atoms with Crippen LogP contribution in [0.3, 0.4) is 0 Å². The number of carbonyl (C=O) groups excluding carboxylic acids is 2. The molecule has 16 nitrogen and oxygen atoms in total. The van der Waals surface area contributed by atoms with E-state index in [1.165, 1.54) is 14.1 Å². The molecular weight excluding hydrogens is 546 g/mol. The monoisotopic (exact) mass is 568 g/mol.